The molecule has 1 aliphatic rings. The number of hydrogen-bond acceptors (Lipinski definition) is 4. The maximum atomic E-state index is 13.2. The van der Waals surface area contributed by atoms with Crippen molar-refractivity contribution >= 4 is 34.7 Å². The lowest BCUT2D eigenvalue weighted by Crippen LogP contribution is -2.35. The van der Waals surface area contributed by atoms with E-state index in [9.17, 15) is 14.7 Å². The molecule has 1 aliphatic heterocycles. The summed E-state index contributed by atoms with van der Waals surface area (Å²) in [7, 11) is 1.68. The Morgan fingerprint density at radius 3 is 2.31 bits per heavy atom. The molecule has 0 radical (unpaired) electrons. The summed E-state index contributed by atoms with van der Waals surface area (Å²) in [5.41, 5.74) is 2.63. The molecule has 0 fully saturated rings. The van der Waals surface area contributed by atoms with Crippen molar-refractivity contribution in [3.05, 3.63) is 70.4 Å². The number of aryl methyl sites for hydroxylation is 1. The molecule has 0 unspecified atom stereocenters. The molecule has 1 heterocycles. The van der Waals surface area contributed by atoms with Gasteiger partial charge < -0.3 is 10.0 Å². The summed E-state index contributed by atoms with van der Waals surface area (Å²) in [6.45, 7) is 2.06. The number of rotatable bonds is 5. The fraction of sp³-hybridized carbons (Fsp3) is 0.200. The van der Waals surface area contributed by atoms with Crippen LogP contribution in [0, 0.1) is 6.92 Å². The minimum atomic E-state index is -0.449. The molecule has 0 atom stereocenters. The number of benzene rings is 2. The molecule has 0 aliphatic carbocycles. The lowest BCUT2D eigenvalue weighted by atomic mass is 10.0. The van der Waals surface area contributed by atoms with E-state index in [1.165, 1.54) is 0 Å². The number of aliphatic hydroxyl groups is 1. The van der Waals surface area contributed by atoms with Crippen molar-refractivity contribution in [2.75, 3.05) is 25.1 Å². The zero-order valence-electron chi connectivity index (χ0n) is 14.6. The normalized spacial score (nSPS) is 14.4. The number of anilines is 1. The van der Waals surface area contributed by atoms with Gasteiger partial charge in [-0.25, -0.2) is 4.90 Å². The number of aliphatic hydroxyl groups excluding tert-OH is 1. The first-order chi connectivity index (χ1) is 12.5. The van der Waals surface area contributed by atoms with E-state index >= 15 is 0 Å². The highest BCUT2D eigenvalue weighted by Gasteiger charge is 2.42. The number of halogens is 1. The molecule has 2 aromatic carbocycles. The van der Waals surface area contributed by atoms with Crippen LogP contribution in [0.15, 0.2) is 54.2 Å². The molecule has 5 nitrogen and oxygen atoms in total. The van der Waals surface area contributed by atoms with Crippen molar-refractivity contribution in [2.24, 2.45) is 0 Å². The standard InChI is InChI=1S/C20H19ClN2O3/c1-13-7-9-14(10-8-13)17-18(22(2)11-12-24)20(26)23(19(17)25)16-6-4-3-5-15(16)21/h3-10,24H,11-12H2,1-2H3. The van der Waals surface area contributed by atoms with Gasteiger partial charge in [-0.15, -0.1) is 0 Å². The number of hydrogen-bond donors (Lipinski definition) is 1. The van der Waals surface area contributed by atoms with Gasteiger partial charge in [0.2, 0.25) is 0 Å². The Bertz CT molecular complexity index is 890. The Hall–Kier alpha value is -2.63. The van der Waals surface area contributed by atoms with Crippen LogP contribution in [0.5, 0.6) is 0 Å². The number of nitrogens with zero attached hydrogens (tertiary/aromatic N) is 2. The second-order valence-corrected chi connectivity index (χ2v) is 6.54. The highest BCUT2D eigenvalue weighted by atomic mass is 35.5. The first-order valence-corrected chi connectivity index (χ1v) is 8.60. The topological polar surface area (TPSA) is 60.9 Å². The lowest BCUT2D eigenvalue weighted by Gasteiger charge is -2.20. The largest absolute Gasteiger partial charge is 0.395 e. The highest BCUT2D eigenvalue weighted by molar-refractivity contribution is 6.47. The number of likely N-dealkylation sites (N-methyl/N-ethyl adjacent to an activating group) is 1. The SMILES string of the molecule is Cc1ccc(C2=C(N(C)CCO)C(=O)N(c3ccccc3Cl)C2=O)cc1. The van der Waals surface area contributed by atoms with E-state index in [1.54, 1.807) is 36.2 Å². The van der Waals surface area contributed by atoms with Crippen LogP contribution >= 0.6 is 11.6 Å². The second-order valence-electron chi connectivity index (χ2n) is 6.13. The van der Waals surface area contributed by atoms with Crippen molar-refractivity contribution in [2.45, 2.75) is 6.92 Å². The maximum absolute atomic E-state index is 13.2. The van der Waals surface area contributed by atoms with Gasteiger partial charge in [0.1, 0.15) is 5.70 Å². The molecule has 26 heavy (non-hydrogen) atoms. The monoisotopic (exact) mass is 370 g/mol. The average molecular weight is 371 g/mol. The summed E-state index contributed by atoms with van der Waals surface area (Å²) in [6.07, 6.45) is 0. The predicted octanol–water partition coefficient (Wildman–Crippen LogP) is 2.86. The van der Waals surface area contributed by atoms with Gasteiger partial charge in [0.25, 0.3) is 11.8 Å². The summed E-state index contributed by atoms with van der Waals surface area (Å²) in [6, 6.07) is 14.2. The lowest BCUT2D eigenvalue weighted by molar-refractivity contribution is -0.120. The van der Waals surface area contributed by atoms with Gasteiger partial charge >= 0.3 is 0 Å². The van der Waals surface area contributed by atoms with E-state index < -0.39 is 11.8 Å². The van der Waals surface area contributed by atoms with E-state index in [4.69, 9.17) is 11.6 Å². The fourth-order valence-corrected chi connectivity index (χ4v) is 3.19. The van der Waals surface area contributed by atoms with Crippen LogP contribution in [0.4, 0.5) is 5.69 Å². The van der Waals surface area contributed by atoms with Gasteiger partial charge in [0.15, 0.2) is 0 Å². The summed E-state index contributed by atoms with van der Waals surface area (Å²) >= 11 is 6.22. The van der Waals surface area contributed by atoms with E-state index in [0.29, 0.717) is 21.8 Å². The molecule has 1 N–H and O–H groups in total. The Balaban J connectivity index is 2.15. The minimum Gasteiger partial charge on any atom is -0.395 e. The number of para-hydroxylation sites is 1. The Kier molecular flexibility index (Phi) is 5.11. The minimum absolute atomic E-state index is 0.130. The van der Waals surface area contributed by atoms with Gasteiger partial charge in [-0.05, 0) is 24.6 Å². The van der Waals surface area contributed by atoms with E-state index in [0.717, 1.165) is 10.5 Å². The molecule has 0 saturated heterocycles. The third-order valence-corrected chi connectivity index (χ3v) is 4.63. The maximum Gasteiger partial charge on any atom is 0.282 e. The zero-order chi connectivity index (χ0) is 18.8. The molecule has 0 spiro atoms. The first-order valence-electron chi connectivity index (χ1n) is 8.22. The molecule has 6 heteroatoms. The summed E-state index contributed by atoms with van der Waals surface area (Å²) in [4.78, 5) is 29.0. The van der Waals surface area contributed by atoms with Crippen molar-refractivity contribution in [1.29, 1.82) is 0 Å². The first kappa shape index (κ1) is 18.2. The van der Waals surface area contributed by atoms with Crippen LogP contribution in [0.25, 0.3) is 5.57 Å². The second kappa shape index (κ2) is 7.32. The van der Waals surface area contributed by atoms with Crippen molar-refractivity contribution in [3.8, 4) is 0 Å². The van der Waals surface area contributed by atoms with Gasteiger partial charge in [-0.3, -0.25) is 9.59 Å². The quantitative estimate of drug-likeness (QED) is 0.822. The Morgan fingerprint density at radius 1 is 1.04 bits per heavy atom. The Labute approximate surface area is 157 Å². The van der Waals surface area contributed by atoms with Crippen LogP contribution in [-0.4, -0.2) is 42.0 Å². The zero-order valence-corrected chi connectivity index (χ0v) is 15.3. The van der Waals surface area contributed by atoms with E-state index in [1.807, 2.05) is 31.2 Å². The van der Waals surface area contributed by atoms with Crippen LogP contribution in [0.2, 0.25) is 5.02 Å². The number of carbonyl (C=O) groups excluding carboxylic acids is 2. The molecule has 0 saturated carbocycles. The fourth-order valence-electron chi connectivity index (χ4n) is 2.97. The molecule has 3 rings (SSSR count). The molecular weight excluding hydrogens is 352 g/mol. The van der Waals surface area contributed by atoms with Crippen molar-refractivity contribution < 1.29 is 14.7 Å². The summed E-state index contributed by atoms with van der Waals surface area (Å²) in [5.74, 6) is -0.874. The highest BCUT2D eigenvalue weighted by Crippen LogP contribution is 2.37. The predicted molar refractivity (Wildman–Crippen MR) is 102 cm³/mol. The summed E-state index contributed by atoms with van der Waals surface area (Å²) in [5, 5.41) is 9.60. The van der Waals surface area contributed by atoms with Gasteiger partial charge in [0.05, 0.1) is 22.9 Å². The van der Waals surface area contributed by atoms with Gasteiger partial charge in [0, 0.05) is 13.6 Å². The smallest absolute Gasteiger partial charge is 0.282 e. The van der Waals surface area contributed by atoms with Crippen molar-refractivity contribution in [3.63, 3.8) is 0 Å². The number of amides is 2. The molecule has 2 aromatic rings. The third-order valence-electron chi connectivity index (χ3n) is 4.31. The van der Waals surface area contributed by atoms with Gasteiger partial charge in [-0.1, -0.05) is 53.6 Å². The molecule has 0 aromatic heterocycles. The molecular formula is C20H19ClN2O3. The molecule has 0 bridgehead atoms. The van der Waals surface area contributed by atoms with Crippen LogP contribution in [0.1, 0.15) is 11.1 Å². The van der Waals surface area contributed by atoms with Gasteiger partial charge in [-0.2, -0.15) is 0 Å². The number of imide groups is 1. The van der Waals surface area contributed by atoms with E-state index in [-0.39, 0.29) is 18.8 Å². The van der Waals surface area contributed by atoms with Crippen LogP contribution in [-0.2, 0) is 9.59 Å². The van der Waals surface area contributed by atoms with Crippen LogP contribution < -0.4 is 4.90 Å². The third kappa shape index (κ3) is 3.11. The Morgan fingerprint density at radius 2 is 1.69 bits per heavy atom. The van der Waals surface area contributed by atoms with Crippen molar-refractivity contribution in [1.82, 2.24) is 4.90 Å². The number of carbonyl (C=O) groups is 2. The molecule has 134 valence electrons. The molecule has 2 amide bonds. The van der Waals surface area contributed by atoms with Crippen LogP contribution in [0.3, 0.4) is 0 Å². The van der Waals surface area contributed by atoms with E-state index in [2.05, 4.69) is 0 Å². The summed E-state index contributed by atoms with van der Waals surface area (Å²) < 4.78 is 0. The average Bonchev–Trinajstić information content (AvgIpc) is 2.87.